The monoisotopic (exact) mass is 285 g/mol. The predicted octanol–water partition coefficient (Wildman–Crippen LogP) is 2.37. The molecule has 21 heavy (non-hydrogen) atoms. The minimum atomic E-state index is 0.0323. The van der Waals surface area contributed by atoms with Crippen LogP contribution in [0.1, 0.15) is 25.5 Å². The van der Waals surface area contributed by atoms with Crippen molar-refractivity contribution in [2.24, 2.45) is 0 Å². The lowest BCUT2D eigenvalue weighted by atomic mass is 10.1. The van der Waals surface area contributed by atoms with Gasteiger partial charge in [0.15, 0.2) is 5.82 Å². The molecule has 1 atom stereocenters. The normalized spacial score (nSPS) is 19.1. The summed E-state index contributed by atoms with van der Waals surface area (Å²) in [4.78, 5) is 4.22. The number of fused-ring (bicyclic) bond motifs is 1. The second-order valence-electron chi connectivity index (χ2n) is 5.17. The van der Waals surface area contributed by atoms with E-state index in [-0.39, 0.29) is 6.23 Å². The van der Waals surface area contributed by atoms with Gasteiger partial charge in [-0.05, 0) is 25.3 Å². The highest BCUT2D eigenvalue weighted by Gasteiger charge is 2.17. The van der Waals surface area contributed by atoms with E-state index < -0.39 is 0 Å². The molecule has 1 saturated heterocycles. The van der Waals surface area contributed by atoms with E-state index >= 15 is 0 Å². The van der Waals surface area contributed by atoms with Gasteiger partial charge in [0.1, 0.15) is 6.23 Å². The maximum atomic E-state index is 5.76. The fraction of sp³-hybridized carbons (Fsp3) is 0.357. The van der Waals surface area contributed by atoms with Gasteiger partial charge < -0.3 is 15.0 Å². The van der Waals surface area contributed by atoms with Gasteiger partial charge in [-0.25, -0.2) is 9.67 Å². The van der Waals surface area contributed by atoms with E-state index in [0.717, 1.165) is 30.6 Å². The van der Waals surface area contributed by atoms with Crippen molar-refractivity contribution in [2.45, 2.75) is 25.5 Å². The van der Waals surface area contributed by atoms with E-state index in [1.807, 2.05) is 23.1 Å². The molecule has 0 spiro atoms. The van der Waals surface area contributed by atoms with Crippen LogP contribution in [0.3, 0.4) is 0 Å². The summed E-state index contributed by atoms with van der Waals surface area (Å²) >= 11 is 0. The van der Waals surface area contributed by atoms with Crippen LogP contribution in [0.5, 0.6) is 0 Å². The van der Waals surface area contributed by atoms with Crippen LogP contribution >= 0.6 is 0 Å². The van der Waals surface area contributed by atoms with Gasteiger partial charge in [-0.1, -0.05) is 5.16 Å². The Balaban J connectivity index is 1.68. The minimum absolute atomic E-state index is 0.0323. The Bertz CT molecular complexity index is 773. The van der Waals surface area contributed by atoms with Crippen molar-refractivity contribution in [1.82, 2.24) is 19.9 Å². The second-order valence-corrected chi connectivity index (χ2v) is 5.17. The summed E-state index contributed by atoms with van der Waals surface area (Å²) in [5.41, 5.74) is 8.10. The summed E-state index contributed by atoms with van der Waals surface area (Å²) < 4.78 is 12.6. The molecule has 0 bridgehead atoms. The van der Waals surface area contributed by atoms with Crippen molar-refractivity contribution >= 4 is 16.9 Å². The first-order chi connectivity index (χ1) is 10.3. The molecule has 0 aliphatic carbocycles. The highest BCUT2D eigenvalue weighted by Crippen LogP contribution is 2.27. The predicted molar refractivity (Wildman–Crippen MR) is 76.3 cm³/mol. The summed E-state index contributed by atoms with van der Waals surface area (Å²) in [7, 11) is 0. The van der Waals surface area contributed by atoms with Gasteiger partial charge in [-0.2, -0.15) is 5.10 Å². The molecule has 7 nitrogen and oxygen atoms in total. The first-order valence-electron chi connectivity index (χ1n) is 6.98. The molecule has 2 N–H and O–H groups in total. The van der Waals surface area contributed by atoms with Gasteiger partial charge in [0.2, 0.25) is 0 Å². The van der Waals surface area contributed by atoms with Crippen LogP contribution < -0.4 is 5.73 Å². The topological polar surface area (TPSA) is 92.0 Å². The quantitative estimate of drug-likeness (QED) is 0.777. The molecule has 108 valence electrons. The van der Waals surface area contributed by atoms with E-state index in [1.165, 1.54) is 6.42 Å². The number of nitrogens with two attached hydrogens (primary N) is 1. The molecule has 4 rings (SSSR count). The average Bonchev–Trinajstić information content (AvgIpc) is 3.16. The summed E-state index contributed by atoms with van der Waals surface area (Å²) in [6.45, 7) is 0.796. The van der Waals surface area contributed by atoms with Gasteiger partial charge in [0, 0.05) is 30.1 Å². The fourth-order valence-corrected chi connectivity index (χ4v) is 2.58. The molecule has 0 saturated carbocycles. The lowest BCUT2D eigenvalue weighted by Crippen LogP contribution is -2.18. The van der Waals surface area contributed by atoms with Crippen LogP contribution in [0.15, 0.2) is 29.2 Å². The highest BCUT2D eigenvalue weighted by atomic mass is 16.5. The van der Waals surface area contributed by atoms with Crippen molar-refractivity contribution in [3.8, 4) is 11.1 Å². The number of hydrogen-bond acceptors (Lipinski definition) is 6. The minimum Gasteiger partial charge on any atom is -0.380 e. The second kappa shape index (κ2) is 4.85. The summed E-state index contributed by atoms with van der Waals surface area (Å²) in [6, 6.07) is 1.91. The number of rotatable bonds is 2. The molecule has 1 aliphatic heterocycles. The summed E-state index contributed by atoms with van der Waals surface area (Å²) in [6.07, 6.45) is 8.84. The van der Waals surface area contributed by atoms with E-state index in [1.54, 1.807) is 6.20 Å². The molecular formula is C14H15N5O2. The fourth-order valence-electron chi connectivity index (χ4n) is 2.58. The summed E-state index contributed by atoms with van der Waals surface area (Å²) in [5.74, 6) is 0.349. The van der Waals surface area contributed by atoms with Gasteiger partial charge in [-0.3, -0.25) is 0 Å². The molecule has 1 unspecified atom stereocenters. The smallest absolute Gasteiger partial charge is 0.259 e. The first-order valence-corrected chi connectivity index (χ1v) is 6.98. The standard InChI is InChI=1S/C14H15N5O2/c15-13-11-5-9(6-16-14(11)21-18-13)10-7-17-19(8-10)12-3-1-2-4-20-12/h5-8,12H,1-4H2,(H2,15,18). The van der Waals surface area contributed by atoms with Gasteiger partial charge >= 0.3 is 0 Å². The number of nitrogens with zero attached hydrogens (tertiary/aromatic N) is 4. The molecule has 0 aromatic carbocycles. The van der Waals surface area contributed by atoms with Crippen LogP contribution in [0.25, 0.3) is 22.2 Å². The summed E-state index contributed by atoms with van der Waals surface area (Å²) in [5, 5.41) is 8.83. The van der Waals surface area contributed by atoms with E-state index in [4.69, 9.17) is 15.0 Å². The largest absolute Gasteiger partial charge is 0.380 e. The maximum absolute atomic E-state index is 5.76. The van der Waals surface area contributed by atoms with Crippen LogP contribution in [0, 0.1) is 0 Å². The Labute approximate surface area is 120 Å². The molecule has 3 aromatic rings. The lowest BCUT2D eigenvalue weighted by molar-refractivity contribution is -0.0394. The lowest BCUT2D eigenvalue weighted by Gasteiger charge is -2.22. The number of ether oxygens (including phenoxy) is 1. The molecule has 7 heteroatoms. The number of pyridine rings is 1. The Kier molecular flexibility index (Phi) is 2.85. The van der Waals surface area contributed by atoms with Crippen LogP contribution in [-0.2, 0) is 4.74 Å². The zero-order valence-corrected chi connectivity index (χ0v) is 11.4. The van der Waals surface area contributed by atoms with Crippen LogP contribution in [0.4, 0.5) is 5.82 Å². The number of anilines is 1. The zero-order valence-electron chi connectivity index (χ0n) is 11.4. The third-order valence-electron chi connectivity index (χ3n) is 3.74. The van der Waals surface area contributed by atoms with Crippen LogP contribution in [-0.4, -0.2) is 26.5 Å². The van der Waals surface area contributed by atoms with Gasteiger partial charge in [0.25, 0.3) is 5.71 Å². The van der Waals surface area contributed by atoms with Crippen molar-refractivity contribution in [1.29, 1.82) is 0 Å². The van der Waals surface area contributed by atoms with E-state index in [0.29, 0.717) is 16.9 Å². The van der Waals surface area contributed by atoms with Crippen molar-refractivity contribution < 1.29 is 9.26 Å². The number of nitrogen functional groups attached to an aromatic ring is 1. The van der Waals surface area contributed by atoms with Crippen molar-refractivity contribution in [3.05, 3.63) is 24.7 Å². The van der Waals surface area contributed by atoms with Crippen molar-refractivity contribution in [3.63, 3.8) is 0 Å². The molecular weight excluding hydrogens is 270 g/mol. The Hall–Kier alpha value is -2.41. The molecule has 1 fully saturated rings. The molecule has 4 heterocycles. The molecule has 1 aliphatic rings. The SMILES string of the molecule is Nc1noc2ncc(-c3cnn(C4CCCCO4)c3)cc12. The van der Waals surface area contributed by atoms with Gasteiger partial charge in [0.05, 0.1) is 11.6 Å². The Morgan fingerprint density at radius 2 is 2.19 bits per heavy atom. The number of aromatic nitrogens is 4. The third-order valence-corrected chi connectivity index (χ3v) is 3.74. The zero-order chi connectivity index (χ0) is 14.2. The van der Waals surface area contributed by atoms with Crippen molar-refractivity contribution in [2.75, 3.05) is 12.3 Å². The maximum Gasteiger partial charge on any atom is 0.259 e. The van der Waals surface area contributed by atoms with E-state index in [9.17, 15) is 0 Å². The van der Waals surface area contributed by atoms with Gasteiger partial charge in [-0.15, -0.1) is 0 Å². The molecule has 0 radical (unpaired) electrons. The Morgan fingerprint density at radius 1 is 1.24 bits per heavy atom. The molecule has 0 amide bonds. The Morgan fingerprint density at radius 3 is 3.05 bits per heavy atom. The average molecular weight is 285 g/mol. The highest BCUT2D eigenvalue weighted by molar-refractivity contribution is 5.87. The van der Waals surface area contributed by atoms with E-state index in [2.05, 4.69) is 15.2 Å². The number of hydrogen-bond donors (Lipinski definition) is 1. The van der Waals surface area contributed by atoms with Crippen LogP contribution in [0.2, 0.25) is 0 Å². The third kappa shape index (κ3) is 2.15. The first kappa shape index (κ1) is 12.3. The molecule has 3 aromatic heterocycles.